The summed E-state index contributed by atoms with van der Waals surface area (Å²) in [6, 6.07) is 3.29. The number of carbonyl (C=O) groups is 1. The zero-order valence-corrected chi connectivity index (χ0v) is 14.4. The van der Waals surface area contributed by atoms with Crippen molar-refractivity contribution in [3.8, 4) is 0 Å². The molecule has 1 N–H and O–H groups in total. The van der Waals surface area contributed by atoms with Crippen LogP contribution in [0.15, 0.2) is 28.0 Å². The highest BCUT2D eigenvalue weighted by Gasteiger charge is 2.25. The molecule has 2 aromatic rings. The molecule has 0 atom stereocenters. The summed E-state index contributed by atoms with van der Waals surface area (Å²) in [4.78, 5) is 40.0. The molecule has 1 amide bonds. The van der Waals surface area contributed by atoms with Crippen molar-refractivity contribution in [2.45, 2.75) is 45.7 Å². The van der Waals surface area contributed by atoms with Crippen LogP contribution in [0.3, 0.4) is 0 Å². The second-order valence-corrected chi connectivity index (χ2v) is 6.33. The van der Waals surface area contributed by atoms with Gasteiger partial charge in [0.15, 0.2) is 0 Å². The van der Waals surface area contributed by atoms with Crippen molar-refractivity contribution in [1.82, 2.24) is 24.6 Å². The molecule has 1 aliphatic rings. The number of hydrogen-bond donors (Lipinski definition) is 1. The molecule has 8 heteroatoms. The number of amides is 1. The average Bonchev–Trinajstić information content (AvgIpc) is 3.42. The second kappa shape index (κ2) is 7.00. The lowest BCUT2D eigenvalue weighted by molar-refractivity contribution is -0.121. The Morgan fingerprint density at radius 1 is 1.28 bits per heavy atom. The van der Waals surface area contributed by atoms with E-state index >= 15 is 0 Å². The lowest BCUT2D eigenvalue weighted by Crippen LogP contribution is -2.36. The van der Waals surface area contributed by atoms with E-state index in [9.17, 15) is 14.4 Å². The summed E-state index contributed by atoms with van der Waals surface area (Å²) in [5.41, 5.74) is 1.70. The number of rotatable bonds is 6. The van der Waals surface area contributed by atoms with Gasteiger partial charge in [0.1, 0.15) is 6.54 Å². The maximum Gasteiger partial charge on any atom is 0.266 e. The van der Waals surface area contributed by atoms with E-state index in [-0.39, 0.29) is 30.1 Å². The van der Waals surface area contributed by atoms with Gasteiger partial charge in [-0.25, -0.2) is 9.67 Å². The summed E-state index contributed by atoms with van der Waals surface area (Å²) in [6.07, 6.45) is 3.59. The average molecular weight is 343 g/mol. The SMILES string of the molecule is Cc1ncn(CC(=O)NCCn2nc(C3CC3)ccc2=O)c(=O)c1C. The van der Waals surface area contributed by atoms with Crippen molar-refractivity contribution in [3.05, 3.63) is 56.1 Å². The Labute approximate surface area is 144 Å². The molecular weight excluding hydrogens is 322 g/mol. The highest BCUT2D eigenvalue weighted by Crippen LogP contribution is 2.38. The first-order chi connectivity index (χ1) is 12.0. The molecule has 8 nitrogen and oxygen atoms in total. The number of carbonyl (C=O) groups excluding carboxylic acids is 1. The summed E-state index contributed by atoms with van der Waals surface area (Å²) in [5, 5.41) is 7.04. The van der Waals surface area contributed by atoms with Crippen LogP contribution in [0.25, 0.3) is 0 Å². The Bertz CT molecular complexity index is 911. The summed E-state index contributed by atoms with van der Waals surface area (Å²) in [5.74, 6) is 0.157. The smallest absolute Gasteiger partial charge is 0.266 e. The molecule has 1 aliphatic carbocycles. The Hall–Kier alpha value is -2.77. The fourth-order valence-electron chi connectivity index (χ4n) is 2.52. The van der Waals surface area contributed by atoms with Crippen LogP contribution in [-0.4, -0.2) is 31.8 Å². The van der Waals surface area contributed by atoms with E-state index in [0.29, 0.717) is 23.7 Å². The molecule has 0 aliphatic heterocycles. The molecule has 2 heterocycles. The van der Waals surface area contributed by atoms with Crippen molar-refractivity contribution < 1.29 is 4.79 Å². The van der Waals surface area contributed by atoms with Crippen molar-refractivity contribution in [2.24, 2.45) is 0 Å². The summed E-state index contributed by atoms with van der Waals surface area (Å²) >= 11 is 0. The first kappa shape index (κ1) is 17.1. The molecule has 0 radical (unpaired) electrons. The molecule has 25 heavy (non-hydrogen) atoms. The Balaban J connectivity index is 1.56. The molecule has 0 saturated heterocycles. The second-order valence-electron chi connectivity index (χ2n) is 6.33. The summed E-state index contributed by atoms with van der Waals surface area (Å²) in [7, 11) is 0. The van der Waals surface area contributed by atoms with Crippen LogP contribution in [0, 0.1) is 13.8 Å². The summed E-state index contributed by atoms with van der Waals surface area (Å²) < 4.78 is 2.65. The molecule has 132 valence electrons. The zero-order chi connectivity index (χ0) is 18.0. The van der Waals surface area contributed by atoms with Gasteiger partial charge in [-0.15, -0.1) is 0 Å². The number of aromatic nitrogens is 4. The first-order valence-electron chi connectivity index (χ1n) is 8.33. The number of hydrogen-bond acceptors (Lipinski definition) is 5. The van der Waals surface area contributed by atoms with E-state index in [1.807, 2.05) is 0 Å². The molecule has 0 unspecified atom stereocenters. The van der Waals surface area contributed by atoms with Gasteiger partial charge in [-0.2, -0.15) is 5.10 Å². The molecular formula is C17H21N5O3. The first-order valence-corrected chi connectivity index (χ1v) is 8.33. The van der Waals surface area contributed by atoms with E-state index in [1.54, 1.807) is 19.9 Å². The van der Waals surface area contributed by atoms with E-state index in [2.05, 4.69) is 15.4 Å². The third-order valence-corrected chi connectivity index (χ3v) is 4.36. The van der Waals surface area contributed by atoms with Gasteiger partial charge in [0.25, 0.3) is 11.1 Å². The van der Waals surface area contributed by atoms with E-state index < -0.39 is 0 Å². The molecule has 0 spiro atoms. The monoisotopic (exact) mass is 343 g/mol. The van der Waals surface area contributed by atoms with Gasteiger partial charge in [0, 0.05) is 29.8 Å². The Kier molecular flexibility index (Phi) is 4.78. The van der Waals surface area contributed by atoms with Crippen molar-refractivity contribution in [3.63, 3.8) is 0 Å². The fraction of sp³-hybridized carbons (Fsp3) is 0.471. The lowest BCUT2D eigenvalue weighted by atomic mass is 10.3. The van der Waals surface area contributed by atoms with Crippen molar-refractivity contribution in [2.75, 3.05) is 6.54 Å². The maximum atomic E-state index is 12.1. The third-order valence-electron chi connectivity index (χ3n) is 4.36. The molecule has 3 rings (SSSR count). The van der Waals surface area contributed by atoms with Crippen LogP contribution in [0.5, 0.6) is 0 Å². The van der Waals surface area contributed by atoms with E-state index in [0.717, 1.165) is 18.5 Å². The molecule has 1 saturated carbocycles. The number of nitrogens with zero attached hydrogens (tertiary/aromatic N) is 4. The molecule has 1 fully saturated rings. The Morgan fingerprint density at radius 3 is 2.76 bits per heavy atom. The van der Waals surface area contributed by atoms with Gasteiger partial charge >= 0.3 is 0 Å². The normalized spacial score (nSPS) is 13.7. The van der Waals surface area contributed by atoms with Gasteiger partial charge in [-0.1, -0.05) is 0 Å². The van der Waals surface area contributed by atoms with Gasteiger partial charge in [-0.3, -0.25) is 19.0 Å². The van der Waals surface area contributed by atoms with E-state index in [4.69, 9.17) is 0 Å². The summed E-state index contributed by atoms with van der Waals surface area (Å²) in [6.45, 7) is 3.90. The van der Waals surface area contributed by atoms with Gasteiger partial charge in [0.05, 0.1) is 18.6 Å². The number of nitrogens with one attached hydrogen (secondary N) is 1. The van der Waals surface area contributed by atoms with Crippen molar-refractivity contribution in [1.29, 1.82) is 0 Å². The van der Waals surface area contributed by atoms with Crippen LogP contribution in [0.1, 0.15) is 35.7 Å². The minimum atomic E-state index is -0.307. The Morgan fingerprint density at radius 2 is 2.04 bits per heavy atom. The van der Waals surface area contributed by atoms with Crippen LogP contribution in [-0.2, 0) is 17.9 Å². The highest BCUT2D eigenvalue weighted by atomic mass is 16.2. The van der Waals surface area contributed by atoms with Crippen LogP contribution >= 0.6 is 0 Å². The topological polar surface area (TPSA) is 98.9 Å². The molecule has 2 aromatic heterocycles. The largest absolute Gasteiger partial charge is 0.353 e. The highest BCUT2D eigenvalue weighted by molar-refractivity contribution is 5.75. The zero-order valence-electron chi connectivity index (χ0n) is 14.4. The van der Waals surface area contributed by atoms with Gasteiger partial charge in [0.2, 0.25) is 5.91 Å². The lowest BCUT2D eigenvalue weighted by Gasteiger charge is -2.10. The minimum absolute atomic E-state index is 0.0998. The fourth-order valence-corrected chi connectivity index (χ4v) is 2.52. The van der Waals surface area contributed by atoms with E-state index in [1.165, 1.54) is 21.6 Å². The maximum absolute atomic E-state index is 12.1. The standard InChI is InChI=1S/C17H21N5O3/c1-11-12(2)19-10-21(17(11)25)9-15(23)18-7-8-22-16(24)6-5-14(20-22)13-3-4-13/h5-6,10,13H,3-4,7-9H2,1-2H3,(H,18,23). The molecule has 0 aromatic carbocycles. The predicted molar refractivity (Wildman–Crippen MR) is 91.5 cm³/mol. The van der Waals surface area contributed by atoms with Crippen LogP contribution in [0.4, 0.5) is 0 Å². The number of aryl methyl sites for hydroxylation is 1. The van der Waals surface area contributed by atoms with Crippen molar-refractivity contribution >= 4 is 5.91 Å². The van der Waals surface area contributed by atoms with Crippen LogP contribution < -0.4 is 16.4 Å². The van der Waals surface area contributed by atoms with Gasteiger partial charge in [-0.05, 0) is 32.8 Å². The third kappa shape index (κ3) is 4.01. The van der Waals surface area contributed by atoms with Gasteiger partial charge < -0.3 is 5.32 Å². The molecule has 0 bridgehead atoms. The predicted octanol–water partition coefficient (Wildman–Crippen LogP) is 0.111. The van der Waals surface area contributed by atoms with Crippen LogP contribution in [0.2, 0.25) is 0 Å². The quantitative estimate of drug-likeness (QED) is 0.803. The minimum Gasteiger partial charge on any atom is -0.353 e.